The Bertz CT molecular complexity index is 163. The van der Waals surface area contributed by atoms with Crippen LogP contribution in [0.25, 0.3) is 0 Å². The van der Waals surface area contributed by atoms with Gasteiger partial charge < -0.3 is 0 Å². The molecule has 0 radical (unpaired) electrons. The zero-order valence-corrected chi connectivity index (χ0v) is 9.46. The second-order valence-corrected chi connectivity index (χ2v) is 4.98. The standard InChI is InChI=1S/C10H19ClO/c1-6-10(11,7-2)8(12)9(3,4)5/h6-7H2,1-5H3. The molecule has 0 rings (SSSR count). The fraction of sp³-hybridized carbons (Fsp3) is 0.900. The van der Waals surface area contributed by atoms with Crippen LogP contribution >= 0.6 is 11.6 Å². The number of carbonyl (C=O) groups is 1. The maximum absolute atomic E-state index is 11.8. The molecule has 0 aromatic rings. The molecule has 0 aromatic heterocycles. The first kappa shape index (κ1) is 12.0. The Morgan fingerprint density at radius 2 is 1.50 bits per heavy atom. The highest BCUT2D eigenvalue weighted by molar-refractivity contribution is 6.35. The van der Waals surface area contributed by atoms with Crippen molar-refractivity contribution < 1.29 is 4.79 Å². The lowest BCUT2D eigenvalue weighted by molar-refractivity contribution is -0.129. The molecule has 0 N–H and O–H groups in total. The zero-order valence-electron chi connectivity index (χ0n) is 8.70. The Balaban J connectivity index is 4.66. The highest BCUT2D eigenvalue weighted by Crippen LogP contribution is 2.33. The molecule has 0 spiro atoms. The van der Waals surface area contributed by atoms with Crippen molar-refractivity contribution in [3.05, 3.63) is 0 Å². The molecule has 0 bridgehead atoms. The second-order valence-electron chi connectivity index (χ2n) is 4.25. The first-order valence-electron chi connectivity index (χ1n) is 4.51. The molecule has 0 unspecified atom stereocenters. The maximum atomic E-state index is 11.8. The van der Waals surface area contributed by atoms with Crippen LogP contribution in [0.3, 0.4) is 0 Å². The average Bonchev–Trinajstić information content (AvgIpc) is 2.00. The van der Waals surface area contributed by atoms with Crippen molar-refractivity contribution in [2.75, 3.05) is 0 Å². The van der Waals surface area contributed by atoms with E-state index >= 15 is 0 Å². The highest BCUT2D eigenvalue weighted by atomic mass is 35.5. The third-order valence-electron chi connectivity index (χ3n) is 2.21. The van der Waals surface area contributed by atoms with Crippen LogP contribution in [0.5, 0.6) is 0 Å². The van der Waals surface area contributed by atoms with E-state index in [1.807, 2.05) is 34.6 Å². The van der Waals surface area contributed by atoms with Crippen molar-refractivity contribution in [2.45, 2.75) is 52.3 Å². The number of rotatable bonds is 3. The Kier molecular flexibility index (Phi) is 3.77. The SMILES string of the molecule is CCC(Cl)(CC)C(=O)C(C)(C)C. The molecule has 72 valence electrons. The van der Waals surface area contributed by atoms with Crippen LogP contribution in [0.2, 0.25) is 0 Å². The molecule has 12 heavy (non-hydrogen) atoms. The van der Waals surface area contributed by atoms with Crippen molar-refractivity contribution in [3.63, 3.8) is 0 Å². The van der Waals surface area contributed by atoms with E-state index in [2.05, 4.69) is 0 Å². The van der Waals surface area contributed by atoms with Gasteiger partial charge in [0.15, 0.2) is 5.78 Å². The molecule has 0 atom stereocenters. The van der Waals surface area contributed by atoms with E-state index in [0.29, 0.717) is 12.8 Å². The summed E-state index contributed by atoms with van der Waals surface area (Å²) in [7, 11) is 0. The van der Waals surface area contributed by atoms with Gasteiger partial charge in [-0.1, -0.05) is 34.6 Å². The van der Waals surface area contributed by atoms with Crippen LogP contribution in [0, 0.1) is 5.41 Å². The van der Waals surface area contributed by atoms with Gasteiger partial charge in [0, 0.05) is 5.41 Å². The van der Waals surface area contributed by atoms with E-state index in [1.54, 1.807) is 0 Å². The third-order valence-corrected chi connectivity index (χ3v) is 2.92. The summed E-state index contributed by atoms with van der Waals surface area (Å²) in [5, 5.41) is 0. The van der Waals surface area contributed by atoms with Gasteiger partial charge in [-0.15, -0.1) is 11.6 Å². The van der Waals surface area contributed by atoms with Gasteiger partial charge in [-0.05, 0) is 12.8 Å². The van der Waals surface area contributed by atoms with E-state index in [1.165, 1.54) is 0 Å². The first-order chi connectivity index (χ1) is 5.28. The van der Waals surface area contributed by atoms with Gasteiger partial charge in [0.25, 0.3) is 0 Å². The lowest BCUT2D eigenvalue weighted by Gasteiger charge is -2.30. The first-order valence-corrected chi connectivity index (χ1v) is 4.89. The topological polar surface area (TPSA) is 17.1 Å². The quantitative estimate of drug-likeness (QED) is 0.624. The van der Waals surface area contributed by atoms with Crippen LogP contribution in [-0.2, 0) is 4.79 Å². The second kappa shape index (κ2) is 3.78. The predicted octanol–water partition coefficient (Wildman–Crippen LogP) is 3.40. The van der Waals surface area contributed by atoms with Crippen molar-refractivity contribution in [1.29, 1.82) is 0 Å². The van der Waals surface area contributed by atoms with Crippen molar-refractivity contribution in [1.82, 2.24) is 0 Å². The molecule has 2 heteroatoms. The van der Waals surface area contributed by atoms with Crippen LogP contribution in [0.1, 0.15) is 47.5 Å². The molecule has 0 heterocycles. The summed E-state index contributed by atoms with van der Waals surface area (Å²) in [6.07, 6.45) is 1.42. The number of Topliss-reactive ketones (excluding diaryl/α,β-unsaturated/α-hetero) is 1. The Morgan fingerprint density at radius 3 is 1.58 bits per heavy atom. The minimum absolute atomic E-state index is 0.154. The van der Waals surface area contributed by atoms with Gasteiger partial charge in [0.2, 0.25) is 0 Å². The summed E-state index contributed by atoms with van der Waals surface area (Å²) in [6, 6.07) is 0. The fourth-order valence-electron chi connectivity index (χ4n) is 1.24. The van der Waals surface area contributed by atoms with Crippen molar-refractivity contribution in [2.24, 2.45) is 5.41 Å². The Labute approximate surface area is 80.5 Å². The number of alkyl halides is 1. The van der Waals surface area contributed by atoms with Gasteiger partial charge in [0.05, 0.1) is 0 Å². The molecule has 0 aliphatic heterocycles. The molecule has 0 saturated carbocycles. The normalized spacial score (nSPS) is 13.2. The minimum Gasteiger partial charge on any atom is -0.297 e. The van der Waals surface area contributed by atoms with Crippen LogP contribution in [0.4, 0.5) is 0 Å². The van der Waals surface area contributed by atoms with E-state index in [-0.39, 0.29) is 11.2 Å². The number of hydrogen-bond acceptors (Lipinski definition) is 1. The molecule has 0 amide bonds. The summed E-state index contributed by atoms with van der Waals surface area (Å²) in [6.45, 7) is 9.66. The zero-order chi connectivity index (χ0) is 9.99. The average molecular weight is 191 g/mol. The van der Waals surface area contributed by atoms with E-state index < -0.39 is 4.87 Å². The molecule has 1 nitrogen and oxygen atoms in total. The molecule has 0 fully saturated rings. The molecule has 0 saturated heterocycles. The largest absolute Gasteiger partial charge is 0.297 e. The van der Waals surface area contributed by atoms with Gasteiger partial charge >= 0.3 is 0 Å². The van der Waals surface area contributed by atoms with Crippen molar-refractivity contribution in [3.8, 4) is 0 Å². The number of halogens is 1. The monoisotopic (exact) mass is 190 g/mol. The molecular weight excluding hydrogens is 172 g/mol. The molecular formula is C10H19ClO. The Morgan fingerprint density at radius 1 is 1.17 bits per heavy atom. The van der Waals surface area contributed by atoms with Crippen LogP contribution in [-0.4, -0.2) is 10.7 Å². The summed E-state index contributed by atoms with van der Waals surface area (Å²) in [4.78, 5) is 11.2. The van der Waals surface area contributed by atoms with Gasteiger partial charge in [-0.3, -0.25) is 4.79 Å². The van der Waals surface area contributed by atoms with Crippen LogP contribution in [0.15, 0.2) is 0 Å². The lowest BCUT2D eigenvalue weighted by atomic mass is 9.80. The predicted molar refractivity (Wildman–Crippen MR) is 53.6 cm³/mol. The number of ketones is 1. The maximum Gasteiger partial charge on any atom is 0.159 e. The summed E-state index contributed by atoms with van der Waals surface area (Å²) >= 11 is 6.19. The van der Waals surface area contributed by atoms with Crippen molar-refractivity contribution >= 4 is 17.4 Å². The van der Waals surface area contributed by atoms with E-state index in [0.717, 1.165) is 0 Å². The Hall–Kier alpha value is -0.0400. The highest BCUT2D eigenvalue weighted by Gasteiger charge is 2.38. The summed E-state index contributed by atoms with van der Waals surface area (Å²) in [5.74, 6) is 0.154. The molecule has 0 aliphatic rings. The fourth-order valence-corrected chi connectivity index (χ4v) is 1.53. The smallest absolute Gasteiger partial charge is 0.159 e. The van der Waals surface area contributed by atoms with Gasteiger partial charge in [-0.25, -0.2) is 0 Å². The molecule has 0 aromatic carbocycles. The molecule has 0 aliphatic carbocycles. The van der Waals surface area contributed by atoms with Gasteiger partial charge in [-0.2, -0.15) is 0 Å². The number of hydrogen-bond donors (Lipinski definition) is 0. The van der Waals surface area contributed by atoms with Gasteiger partial charge in [0.1, 0.15) is 4.87 Å². The third kappa shape index (κ3) is 2.48. The van der Waals surface area contributed by atoms with E-state index in [4.69, 9.17) is 11.6 Å². The summed E-state index contributed by atoms with van der Waals surface area (Å²) < 4.78 is 0. The summed E-state index contributed by atoms with van der Waals surface area (Å²) in [5.41, 5.74) is -0.326. The minimum atomic E-state index is -0.641. The lowest BCUT2D eigenvalue weighted by Crippen LogP contribution is -2.39. The van der Waals surface area contributed by atoms with Crippen LogP contribution < -0.4 is 0 Å². The number of carbonyl (C=O) groups excluding carboxylic acids is 1. The van der Waals surface area contributed by atoms with E-state index in [9.17, 15) is 4.79 Å².